The molecule has 1 heteroatoms. The first-order valence-electron chi connectivity index (χ1n) is 6.49. The van der Waals surface area contributed by atoms with Crippen LogP contribution in [-0.2, 0) is 0 Å². The lowest BCUT2D eigenvalue weighted by molar-refractivity contribution is 0.465. The minimum atomic E-state index is 0.0865. The van der Waals surface area contributed by atoms with Crippen molar-refractivity contribution in [3.05, 3.63) is 11.6 Å². The SMILES string of the molecule is [B]C1(C)CCC/C=C(/C(C)C)CCCC1. The molecule has 84 valence electrons. The van der Waals surface area contributed by atoms with Gasteiger partial charge in [0.25, 0.3) is 0 Å². The van der Waals surface area contributed by atoms with Crippen LogP contribution in [0, 0.1) is 5.92 Å². The highest BCUT2D eigenvalue weighted by atomic mass is 14.2. The first kappa shape index (κ1) is 12.9. The van der Waals surface area contributed by atoms with E-state index in [2.05, 4.69) is 26.8 Å². The Morgan fingerprint density at radius 2 is 1.87 bits per heavy atom. The lowest BCUT2D eigenvalue weighted by Crippen LogP contribution is -2.09. The molecule has 1 atom stereocenters. The summed E-state index contributed by atoms with van der Waals surface area (Å²) in [5.41, 5.74) is 1.66. The molecule has 0 saturated carbocycles. The topological polar surface area (TPSA) is 0 Å². The maximum Gasteiger partial charge on any atom is 0.0742 e. The number of rotatable bonds is 1. The predicted octanol–water partition coefficient (Wildman–Crippen LogP) is 4.66. The molecule has 0 aromatic carbocycles. The van der Waals surface area contributed by atoms with Gasteiger partial charge >= 0.3 is 0 Å². The molecule has 0 aliphatic heterocycles. The molecule has 0 bridgehead atoms. The third kappa shape index (κ3) is 4.90. The molecule has 2 radical (unpaired) electrons. The van der Waals surface area contributed by atoms with E-state index in [9.17, 15) is 0 Å². The summed E-state index contributed by atoms with van der Waals surface area (Å²) >= 11 is 0. The van der Waals surface area contributed by atoms with Gasteiger partial charge < -0.3 is 0 Å². The van der Waals surface area contributed by atoms with Crippen LogP contribution in [0.3, 0.4) is 0 Å². The Morgan fingerprint density at radius 1 is 1.20 bits per heavy atom. The van der Waals surface area contributed by atoms with Gasteiger partial charge in [-0.3, -0.25) is 0 Å². The average molecular weight is 204 g/mol. The molecule has 0 nitrogen and oxygen atoms in total. The van der Waals surface area contributed by atoms with Crippen molar-refractivity contribution in [1.29, 1.82) is 0 Å². The summed E-state index contributed by atoms with van der Waals surface area (Å²) in [5, 5.41) is 0.0865. The Hall–Kier alpha value is -0.195. The van der Waals surface area contributed by atoms with E-state index in [0.717, 1.165) is 5.92 Å². The zero-order chi connectivity index (χ0) is 11.3. The highest BCUT2D eigenvalue weighted by Gasteiger charge is 2.17. The van der Waals surface area contributed by atoms with Crippen molar-refractivity contribution in [3.8, 4) is 0 Å². The van der Waals surface area contributed by atoms with Gasteiger partial charge in [-0.25, -0.2) is 0 Å². The van der Waals surface area contributed by atoms with Crippen molar-refractivity contribution >= 4 is 7.85 Å². The molecule has 0 N–H and O–H groups in total. The Balaban J connectivity index is 2.53. The fourth-order valence-corrected chi connectivity index (χ4v) is 2.40. The molecule has 0 heterocycles. The summed E-state index contributed by atoms with van der Waals surface area (Å²) < 4.78 is 0. The number of allylic oxidation sites excluding steroid dienone is 2. The van der Waals surface area contributed by atoms with E-state index in [4.69, 9.17) is 7.85 Å². The van der Waals surface area contributed by atoms with Gasteiger partial charge in [0.05, 0.1) is 7.85 Å². The molecule has 0 amide bonds. The molecule has 0 aromatic rings. The van der Waals surface area contributed by atoms with E-state index in [1.165, 1.54) is 44.9 Å². The van der Waals surface area contributed by atoms with Gasteiger partial charge in [-0.1, -0.05) is 63.4 Å². The van der Waals surface area contributed by atoms with Crippen molar-refractivity contribution in [2.45, 2.75) is 71.0 Å². The first-order chi connectivity index (χ1) is 7.01. The largest absolute Gasteiger partial charge is 0.0851 e. The predicted molar refractivity (Wildman–Crippen MR) is 69.4 cm³/mol. The third-order valence-corrected chi connectivity index (χ3v) is 3.56. The number of hydrogen-bond acceptors (Lipinski definition) is 0. The van der Waals surface area contributed by atoms with Crippen molar-refractivity contribution in [2.24, 2.45) is 5.92 Å². The highest BCUT2D eigenvalue weighted by Crippen LogP contribution is 2.36. The monoisotopic (exact) mass is 204 g/mol. The van der Waals surface area contributed by atoms with E-state index in [0.29, 0.717) is 0 Å². The minimum absolute atomic E-state index is 0.0865. The van der Waals surface area contributed by atoms with Crippen molar-refractivity contribution in [1.82, 2.24) is 0 Å². The summed E-state index contributed by atoms with van der Waals surface area (Å²) in [6.45, 7) is 6.83. The molecular formula is C14H25B. The van der Waals surface area contributed by atoms with Gasteiger partial charge in [0.2, 0.25) is 0 Å². The van der Waals surface area contributed by atoms with Crippen LogP contribution in [0.1, 0.15) is 65.7 Å². The molecule has 0 spiro atoms. The van der Waals surface area contributed by atoms with Crippen LogP contribution in [0.4, 0.5) is 0 Å². The maximum absolute atomic E-state index is 6.24. The second-order valence-corrected chi connectivity index (χ2v) is 5.69. The quantitative estimate of drug-likeness (QED) is 0.430. The summed E-state index contributed by atoms with van der Waals surface area (Å²) in [5.74, 6) is 0.730. The average Bonchev–Trinajstić information content (AvgIpc) is 2.14. The fraction of sp³-hybridized carbons (Fsp3) is 0.857. The molecule has 0 saturated heterocycles. The Morgan fingerprint density at radius 3 is 2.53 bits per heavy atom. The third-order valence-electron chi connectivity index (χ3n) is 3.56. The Bertz CT molecular complexity index is 213. The smallest absolute Gasteiger partial charge is 0.0742 e. The lowest BCUT2D eigenvalue weighted by Gasteiger charge is -2.26. The summed E-state index contributed by atoms with van der Waals surface area (Å²) in [4.78, 5) is 0. The molecule has 1 aliphatic rings. The van der Waals surface area contributed by atoms with Crippen LogP contribution < -0.4 is 0 Å². The number of hydrogen-bond donors (Lipinski definition) is 0. The summed E-state index contributed by atoms with van der Waals surface area (Å²) in [6.07, 6.45) is 11.2. The second kappa shape index (κ2) is 5.77. The maximum atomic E-state index is 6.24. The highest BCUT2D eigenvalue weighted by molar-refractivity contribution is 6.14. The zero-order valence-electron chi connectivity index (χ0n) is 10.7. The van der Waals surface area contributed by atoms with E-state index >= 15 is 0 Å². The Kier molecular flexibility index (Phi) is 4.95. The van der Waals surface area contributed by atoms with Crippen LogP contribution in [0.5, 0.6) is 0 Å². The van der Waals surface area contributed by atoms with E-state index < -0.39 is 0 Å². The van der Waals surface area contributed by atoms with Gasteiger partial charge in [0.1, 0.15) is 0 Å². The normalized spacial score (nSPS) is 33.5. The first-order valence-corrected chi connectivity index (χ1v) is 6.49. The second-order valence-electron chi connectivity index (χ2n) is 5.69. The molecular weight excluding hydrogens is 179 g/mol. The van der Waals surface area contributed by atoms with Gasteiger partial charge in [-0.15, -0.1) is 0 Å². The fourth-order valence-electron chi connectivity index (χ4n) is 2.40. The molecule has 1 aliphatic carbocycles. The van der Waals surface area contributed by atoms with Crippen LogP contribution in [0.2, 0.25) is 5.31 Å². The molecule has 15 heavy (non-hydrogen) atoms. The molecule has 0 fully saturated rings. The minimum Gasteiger partial charge on any atom is -0.0851 e. The van der Waals surface area contributed by atoms with Crippen LogP contribution in [-0.4, -0.2) is 7.85 Å². The van der Waals surface area contributed by atoms with Crippen LogP contribution in [0.25, 0.3) is 0 Å². The molecule has 0 aromatic heterocycles. The van der Waals surface area contributed by atoms with Gasteiger partial charge in [0, 0.05) is 0 Å². The molecule has 1 unspecified atom stereocenters. The Labute approximate surface area is 96.9 Å². The van der Waals surface area contributed by atoms with Crippen LogP contribution in [0.15, 0.2) is 11.6 Å². The summed E-state index contributed by atoms with van der Waals surface area (Å²) in [7, 11) is 6.24. The van der Waals surface area contributed by atoms with Crippen molar-refractivity contribution in [3.63, 3.8) is 0 Å². The van der Waals surface area contributed by atoms with Crippen molar-refractivity contribution < 1.29 is 0 Å². The summed E-state index contributed by atoms with van der Waals surface area (Å²) in [6, 6.07) is 0. The van der Waals surface area contributed by atoms with E-state index in [1.54, 1.807) is 5.57 Å². The van der Waals surface area contributed by atoms with Gasteiger partial charge in [0.15, 0.2) is 0 Å². The van der Waals surface area contributed by atoms with Gasteiger partial charge in [-0.2, -0.15) is 0 Å². The van der Waals surface area contributed by atoms with E-state index in [1.807, 2.05) is 0 Å². The zero-order valence-corrected chi connectivity index (χ0v) is 10.7. The standard InChI is InChI=1S/C14H25B/c1-12(2)13-8-4-6-10-14(3,15)11-7-5-9-13/h8,12H,4-7,9-11H2,1-3H3/b13-8+. The van der Waals surface area contributed by atoms with Crippen molar-refractivity contribution in [2.75, 3.05) is 0 Å². The van der Waals surface area contributed by atoms with E-state index in [-0.39, 0.29) is 5.31 Å². The lowest BCUT2D eigenvalue weighted by atomic mass is 9.64. The molecule has 1 rings (SSSR count). The van der Waals surface area contributed by atoms with Gasteiger partial charge in [-0.05, 0) is 25.2 Å². The van der Waals surface area contributed by atoms with Crippen LogP contribution >= 0.6 is 0 Å².